The minimum atomic E-state index is -0.226. The predicted octanol–water partition coefficient (Wildman–Crippen LogP) is 5.49. The van der Waals surface area contributed by atoms with Crippen LogP contribution >= 0.6 is 0 Å². The summed E-state index contributed by atoms with van der Waals surface area (Å²) in [6.45, 7) is 2.13. The highest BCUT2D eigenvalue weighted by Crippen LogP contribution is 2.30. The molecule has 22 heavy (non-hydrogen) atoms. The maximum atomic E-state index is 14.4. The third-order valence-corrected chi connectivity index (χ3v) is 4.32. The monoisotopic (exact) mass is 298 g/mol. The molecule has 2 aromatic carbocycles. The molecule has 2 heteroatoms. The third-order valence-electron chi connectivity index (χ3n) is 4.32. The molecule has 1 aliphatic rings. The maximum Gasteiger partial charge on any atom is 0.130 e. The van der Waals surface area contributed by atoms with Gasteiger partial charge in [0.2, 0.25) is 0 Å². The first-order valence-corrected chi connectivity index (χ1v) is 7.92. The summed E-state index contributed by atoms with van der Waals surface area (Å²) in [5, 5.41) is 0. The van der Waals surface area contributed by atoms with Crippen molar-refractivity contribution >= 4 is 5.57 Å². The van der Waals surface area contributed by atoms with E-state index in [0.717, 1.165) is 47.9 Å². The summed E-state index contributed by atoms with van der Waals surface area (Å²) in [6.07, 6.45) is 6.50. The molecule has 0 nitrogen and oxygen atoms in total. The number of fused-ring (bicyclic) bond motifs is 1. The Morgan fingerprint density at radius 1 is 1.00 bits per heavy atom. The fraction of sp³-hybridized carbons (Fsp3) is 0.300. The summed E-state index contributed by atoms with van der Waals surface area (Å²) in [5.41, 5.74) is 4.75. The van der Waals surface area contributed by atoms with E-state index in [9.17, 15) is 8.78 Å². The van der Waals surface area contributed by atoms with Gasteiger partial charge in [-0.3, -0.25) is 0 Å². The average molecular weight is 298 g/mol. The molecule has 2 aromatic rings. The van der Waals surface area contributed by atoms with Crippen molar-refractivity contribution in [3.63, 3.8) is 0 Å². The van der Waals surface area contributed by atoms with Gasteiger partial charge in [0.25, 0.3) is 0 Å². The molecule has 3 rings (SSSR count). The van der Waals surface area contributed by atoms with Crippen LogP contribution in [0.2, 0.25) is 0 Å². The summed E-state index contributed by atoms with van der Waals surface area (Å²) in [5.74, 6) is -0.393. The highest BCUT2D eigenvalue weighted by Gasteiger charge is 2.16. The lowest BCUT2D eigenvalue weighted by Crippen LogP contribution is -2.05. The number of aryl methyl sites for hydroxylation is 1. The zero-order chi connectivity index (χ0) is 15.5. The Morgan fingerprint density at radius 3 is 2.64 bits per heavy atom. The van der Waals surface area contributed by atoms with Crippen LogP contribution in [0.5, 0.6) is 0 Å². The molecule has 0 atom stereocenters. The lowest BCUT2D eigenvalue weighted by Gasteiger charge is -2.18. The van der Waals surface area contributed by atoms with Crippen LogP contribution in [0, 0.1) is 11.6 Å². The summed E-state index contributed by atoms with van der Waals surface area (Å²) in [4.78, 5) is 0. The number of hydrogen-bond donors (Lipinski definition) is 0. The number of hydrogen-bond acceptors (Lipinski definition) is 0. The Bertz CT molecular complexity index is 714. The summed E-state index contributed by atoms with van der Waals surface area (Å²) in [7, 11) is 0. The van der Waals surface area contributed by atoms with Crippen LogP contribution in [0.4, 0.5) is 8.78 Å². The van der Waals surface area contributed by atoms with E-state index >= 15 is 0 Å². The molecule has 0 bridgehead atoms. The Morgan fingerprint density at radius 2 is 1.86 bits per heavy atom. The van der Waals surface area contributed by atoms with Crippen molar-refractivity contribution in [3.05, 3.63) is 76.4 Å². The summed E-state index contributed by atoms with van der Waals surface area (Å²) in [6, 6.07) is 10.4. The first kappa shape index (κ1) is 15.0. The Labute approximate surface area is 130 Å². The SMILES string of the molecule is CCCCc1ccc(C2=CCc3ccc(F)cc3C2)c(F)c1. The van der Waals surface area contributed by atoms with Crippen LogP contribution in [0.15, 0.2) is 42.5 Å². The van der Waals surface area contributed by atoms with Crippen LogP contribution in [0.1, 0.15) is 42.0 Å². The van der Waals surface area contributed by atoms with Crippen molar-refractivity contribution in [1.29, 1.82) is 0 Å². The van der Waals surface area contributed by atoms with E-state index in [2.05, 4.69) is 13.0 Å². The predicted molar refractivity (Wildman–Crippen MR) is 86.8 cm³/mol. The summed E-state index contributed by atoms with van der Waals surface area (Å²) >= 11 is 0. The van der Waals surface area contributed by atoms with E-state index in [1.165, 1.54) is 6.07 Å². The van der Waals surface area contributed by atoms with E-state index in [-0.39, 0.29) is 11.6 Å². The fourth-order valence-electron chi connectivity index (χ4n) is 3.03. The molecule has 0 saturated heterocycles. The Kier molecular flexibility index (Phi) is 4.37. The minimum Gasteiger partial charge on any atom is -0.207 e. The van der Waals surface area contributed by atoms with Gasteiger partial charge in [-0.15, -0.1) is 0 Å². The van der Waals surface area contributed by atoms with Crippen LogP contribution < -0.4 is 0 Å². The number of rotatable bonds is 4. The lowest BCUT2D eigenvalue weighted by atomic mass is 9.87. The van der Waals surface area contributed by atoms with Crippen molar-refractivity contribution in [2.45, 2.75) is 39.0 Å². The second kappa shape index (κ2) is 6.43. The molecular formula is C20H20F2. The highest BCUT2D eigenvalue weighted by molar-refractivity contribution is 5.71. The molecule has 0 aromatic heterocycles. The van der Waals surface area contributed by atoms with Crippen molar-refractivity contribution in [1.82, 2.24) is 0 Å². The van der Waals surface area contributed by atoms with E-state index in [0.29, 0.717) is 12.0 Å². The first-order valence-electron chi connectivity index (χ1n) is 7.92. The van der Waals surface area contributed by atoms with E-state index < -0.39 is 0 Å². The zero-order valence-electron chi connectivity index (χ0n) is 12.8. The van der Waals surface area contributed by atoms with Gasteiger partial charge < -0.3 is 0 Å². The second-order valence-electron chi connectivity index (χ2n) is 5.94. The van der Waals surface area contributed by atoms with E-state index in [1.54, 1.807) is 12.1 Å². The van der Waals surface area contributed by atoms with Gasteiger partial charge in [-0.1, -0.05) is 37.6 Å². The number of allylic oxidation sites excluding steroid dienone is 2. The number of benzene rings is 2. The highest BCUT2D eigenvalue weighted by atomic mass is 19.1. The Balaban J connectivity index is 1.84. The molecular weight excluding hydrogens is 278 g/mol. The van der Waals surface area contributed by atoms with Crippen molar-refractivity contribution in [2.75, 3.05) is 0 Å². The van der Waals surface area contributed by atoms with Crippen molar-refractivity contribution in [3.8, 4) is 0 Å². The molecule has 0 radical (unpaired) electrons. The van der Waals surface area contributed by atoms with Gasteiger partial charge in [0, 0.05) is 5.56 Å². The van der Waals surface area contributed by atoms with E-state index in [4.69, 9.17) is 0 Å². The van der Waals surface area contributed by atoms with Gasteiger partial charge >= 0.3 is 0 Å². The van der Waals surface area contributed by atoms with Gasteiger partial charge in [0.1, 0.15) is 11.6 Å². The van der Waals surface area contributed by atoms with Crippen LogP contribution in [-0.2, 0) is 19.3 Å². The lowest BCUT2D eigenvalue weighted by molar-refractivity contribution is 0.619. The molecule has 0 spiro atoms. The smallest absolute Gasteiger partial charge is 0.130 e. The third kappa shape index (κ3) is 3.11. The van der Waals surface area contributed by atoms with Gasteiger partial charge in [-0.05, 0) is 66.1 Å². The Hall–Kier alpha value is -1.96. The van der Waals surface area contributed by atoms with Gasteiger partial charge in [0.15, 0.2) is 0 Å². The first-order chi connectivity index (χ1) is 10.7. The molecule has 114 valence electrons. The van der Waals surface area contributed by atoms with Crippen LogP contribution in [0.25, 0.3) is 5.57 Å². The molecule has 0 amide bonds. The molecule has 0 unspecified atom stereocenters. The molecule has 0 heterocycles. The van der Waals surface area contributed by atoms with Gasteiger partial charge in [0.05, 0.1) is 0 Å². The standard InChI is InChI=1S/C20H20F2/c1-2-3-4-14-5-10-19(20(22)11-14)16-7-6-15-8-9-18(21)13-17(15)12-16/h5,7-11,13H,2-4,6,12H2,1H3. The zero-order valence-corrected chi connectivity index (χ0v) is 12.8. The number of halogens is 2. The van der Waals surface area contributed by atoms with Crippen LogP contribution in [0.3, 0.4) is 0 Å². The van der Waals surface area contributed by atoms with Crippen molar-refractivity contribution < 1.29 is 8.78 Å². The van der Waals surface area contributed by atoms with Gasteiger partial charge in [-0.2, -0.15) is 0 Å². The molecule has 0 N–H and O–H groups in total. The molecule has 0 aliphatic heterocycles. The number of unbranched alkanes of at least 4 members (excludes halogenated alkanes) is 1. The minimum absolute atomic E-state index is 0.167. The normalized spacial score (nSPS) is 13.7. The van der Waals surface area contributed by atoms with Gasteiger partial charge in [-0.25, -0.2) is 8.78 Å². The van der Waals surface area contributed by atoms with Crippen LogP contribution in [-0.4, -0.2) is 0 Å². The largest absolute Gasteiger partial charge is 0.207 e. The quantitative estimate of drug-likeness (QED) is 0.700. The average Bonchev–Trinajstić information content (AvgIpc) is 2.52. The van der Waals surface area contributed by atoms with E-state index in [1.807, 2.05) is 18.2 Å². The topological polar surface area (TPSA) is 0 Å². The fourth-order valence-corrected chi connectivity index (χ4v) is 3.03. The molecule has 1 aliphatic carbocycles. The van der Waals surface area contributed by atoms with Crippen molar-refractivity contribution in [2.24, 2.45) is 0 Å². The maximum absolute atomic E-state index is 14.4. The second-order valence-corrected chi connectivity index (χ2v) is 5.94. The molecule has 0 fully saturated rings. The summed E-state index contributed by atoms with van der Waals surface area (Å²) < 4.78 is 27.8. The molecule has 0 saturated carbocycles.